The van der Waals surface area contributed by atoms with Crippen molar-refractivity contribution in [2.24, 2.45) is 0 Å². The van der Waals surface area contributed by atoms with Gasteiger partial charge in [-0.15, -0.1) is 0 Å². The van der Waals surface area contributed by atoms with Crippen molar-refractivity contribution in [2.75, 3.05) is 19.8 Å². The number of hydrogen-bond donors (Lipinski definition) is 0. The number of aryl methyl sites for hydroxylation is 1. The summed E-state index contributed by atoms with van der Waals surface area (Å²) in [7, 11) is -2.98. The average molecular weight is 364 g/mol. The van der Waals surface area contributed by atoms with Crippen molar-refractivity contribution in [3.63, 3.8) is 0 Å². The van der Waals surface area contributed by atoms with Crippen LogP contribution in [0.4, 0.5) is 13.2 Å². The van der Waals surface area contributed by atoms with Gasteiger partial charge in [-0.05, 0) is 37.3 Å². The fraction of sp³-hybridized carbons (Fsp3) is 0.647. The molecule has 1 aromatic carbocycles. The van der Waals surface area contributed by atoms with Crippen molar-refractivity contribution in [1.82, 2.24) is 0 Å². The third kappa shape index (κ3) is 6.55. The van der Waals surface area contributed by atoms with Gasteiger partial charge in [0.1, 0.15) is 5.82 Å². The summed E-state index contributed by atoms with van der Waals surface area (Å²) < 4.78 is 58.0. The molecule has 0 heterocycles. The topological polar surface area (TPSA) is 27.7 Å². The molecule has 0 saturated heterocycles. The molecule has 1 aromatic rings. The molecule has 0 fully saturated rings. The van der Waals surface area contributed by atoms with E-state index in [1.54, 1.807) is 0 Å². The van der Waals surface area contributed by atoms with Gasteiger partial charge >= 0.3 is 8.80 Å². The molecule has 0 bridgehead atoms. The Morgan fingerprint density at radius 3 is 1.67 bits per heavy atom. The highest BCUT2D eigenvalue weighted by Crippen LogP contribution is 2.23. The lowest BCUT2D eigenvalue weighted by molar-refractivity contribution is 0.0593. The lowest BCUT2D eigenvalue weighted by Gasteiger charge is -2.29. The van der Waals surface area contributed by atoms with Crippen LogP contribution in [0.25, 0.3) is 0 Å². The van der Waals surface area contributed by atoms with Gasteiger partial charge in [0, 0.05) is 31.9 Å². The number of hydrogen-bond acceptors (Lipinski definition) is 3. The summed E-state index contributed by atoms with van der Waals surface area (Å²) in [6.07, 6.45) is 2.59. The average Bonchev–Trinajstić information content (AvgIpc) is 2.57. The number of halogens is 3. The van der Waals surface area contributed by atoms with Crippen LogP contribution < -0.4 is 0 Å². The van der Waals surface area contributed by atoms with Gasteiger partial charge in [-0.25, -0.2) is 13.2 Å². The Morgan fingerprint density at radius 1 is 0.750 bits per heavy atom. The Morgan fingerprint density at radius 2 is 1.21 bits per heavy atom. The maximum Gasteiger partial charge on any atom is 0.501 e. The van der Waals surface area contributed by atoms with Crippen molar-refractivity contribution in [3.05, 3.63) is 35.1 Å². The quantitative estimate of drug-likeness (QED) is 0.391. The van der Waals surface area contributed by atoms with Crippen LogP contribution >= 0.6 is 0 Å². The van der Waals surface area contributed by atoms with Crippen LogP contribution in [0.15, 0.2) is 12.1 Å². The van der Waals surface area contributed by atoms with E-state index in [-0.39, 0.29) is 12.0 Å². The highest BCUT2D eigenvalue weighted by Gasteiger charge is 2.40. The van der Waals surface area contributed by atoms with Crippen LogP contribution in [0.2, 0.25) is 6.04 Å². The Labute approximate surface area is 143 Å². The third-order valence-corrected chi connectivity index (χ3v) is 6.16. The van der Waals surface area contributed by atoms with E-state index in [0.29, 0.717) is 31.9 Å². The second-order valence-electron chi connectivity index (χ2n) is 5.59. The maximum absolute atomic E-state index is 13.8. The van der Waals surface area contributed by atoms with Gasteiger partial charge in [0.05, 0.1) is 0 Å². The molecule has 1 rings (SSSR count). The zero-order chi connectivity index (χ0) is 18.0. The number of rotatable bonds is 12. The van der Waals surface area contributed by atoms with Crippen LogP contribution in [0.3, 0.4) is 0 Å². The van der Waals surface area contributed by atoms with E-state index >= 15 is 0 Å². The summed E-state index contributed by atoms with van der Waals surface area (Å²) in [6.45, 7) is 7.40. The molecule has 0 aliphatic rings. The van der Waals surface area contributed by atoms with E-state index in [1.165, 1.54) is 0 Å². The Hall–Kier alpha value is -0.893. The van der Waals surface area contributed by atoms with Crippen molar-refractivity contribution >= 4 is 8.80 Å². The first kappa shape index (κ1) is 21.2. The van der Waals surface area contributed by atoms with E-state index in [4.69, 9.17) is 13.3 Å². The van der Waals surface area contributed by atoms with E-state index in [0.717, 1.165) is 25.3 Å². The first-order valence-corrected chi connectivity index (χ1v) is 10.5. The SMILES string of the molecule is CCCO[Si](CCc1cc(F)c(F)cc1F)(OCCC)OCCC. The molecule has 0 spiro atoms. The molecule has 0 aliphatic carbocycles. The zero-order valence-corrected chi connectivity index (χ0v) is 15.7. The van der Waals surface area contributed by atoms with Crippen LogP contribution in [-0.2, 0) is 19.7 Å². The molecule has 0 aliphatic heterocycles. The highest BCUT2D eigenvalue weighted by molar-refractivity contribution is 6.60. The van der Waals surface area contributed by atoms with Gasteiger partial charge in [0.25, 0.3) is 0 Å². The molecule has 0 saturated carbocycles. The highest BCUT2D eigenvalue weighted by atomic mass is 28.4. The molecular weight excluding hydrogens is 337 g/mol. The van der Waals surface area contributed by atoms with E-state index < -0.39 is 26.3 Å². The summed E-state index contributed by atoms with van der Waals surface area (Å²) in [5.41, 5.74) is 0.103. The van der Waals surface area contributed by atoms with Gasteiger partial charge in [0.2, 0.25) is 0 Å². The second kappa shape index (κ2) is 10.9. The van der Waals surface area contributed by atoms with E-state index in [1.807, 2.05) is 20.8 Å². The summed E-state index contributed by atoms with van der Waals surface area (Å²) in [6, 6.07) is 1.79. The minimum Gasteiger partial charge on any atom is -0.373 e. The minimum atomic E-state index is -2.98. The molecule has 7 heteroatoms. The summed E-state index contributed by atoms with van der Waals surface area (Å²) >= 11 is 0. The fourth-order valence-corrected chi connectivity index (χ4v) is 4.96. The molecular formula is C17H27F3O3Si. The van der Waals surface area contributed by atoms with Crippen LogP contribution in [-0.4, -0.2) is 28.6 Å². The van der Waals surface area contributed by atoms with Crippen molar-refractivity contribution in [1.29, 1.82) is 0 Å². The van der Waals surface area contributed by atoms with Gasteiger partial charge in [-0.2, -0.15) is 0 Å². The van der Waals surface area contributed by atoms with Crippen molar-refractivity contribution in [2.45, 2.75) is 52.5 Å². The second-order valence-corrected chi connectivity index (χ2v) is 8.32. The standard InChI is InChI=1S/C17H27F3O3Si/c1-4-8-21-24(22-9-5-2,23-10-6-3)11-7-14-12-16(19)17(20)13-15(14)18/h12-13H,4-11H2,1-3H3. The van der Waals surface area contributed by atoms with Crippen LogP contribution in [0.1, 0.15) is 45.6 Å². The predicted molar refractivity (Wildman–Crippen MR) is 89.3 cm³/mol. The molecule has 138 valence electrons. The molecule has 0 N–H and O–H groups in total. The van der Waals surface area contributed by atoms with Gasteiger partial charge in [-0.3, -0.25) is 0 Å². The van der Waals surface area contributed by atoms with Crippen LogP contribution in [0.5, 0.6) is 0 Å². The molecule has 0 amide bonds. The molecule has 3 nitrogen and oxygen atoms in total. The Bertz CT molecular complexity index is 478. The van der Waals surface area contributed by atoms with Crippen LogP contribution in [0, 0.1) is 17.5 Å². The summed E-state index contributed by atoms with van der Waals surface area (Å²) in [5.74, 6) is -3.01. The predicted octanol–water partition coefficient (Wildman–Crippen LogP) is 4.87. The fourth-order valence-electron chi connectivity index (χ4n) is 2.16. The minimum absolute atomic E-state index is 0.103. The van der Waals surface area contributed by atoms with Gasteiger partial charge in [-0.1, -0.05) is 20.8 Å². The van der Waals surface area contributed by atoms with E-state index in [9.17, 15) is 13.2 Å². The maximum atomic E-state index is 13.8. The molecule has 24 heavy (non-hydrogen) atoms. The smallest absolute Gasteiger partial charge is 0.373 e. The molecule has 0 unspecified atom stereocenters. The molecule has 0 aromatic heterocycles. The monoisotopic (exact) mass is 364 g/mol. The van der Waals surface area contributed by atoms with Gasteiger partial charge < -0.3 is 13.3 Å². The van der Waals surface area contributed by atoms with Crippen molar-refractivity contribution in [3.8, 4) is 0 Å². The van der Waals surface area contributed by atoms with E-state index in [2.05, 4.69) is 0 Å². The van der Waals surface area contributed by atoms with Crippen molar-refractivity contribution < 1.29 is 26.4 Å². The first-order chi connectivity index (χ1) is 11.5. The lowest BCUT2D eigenvalue weighted by Crippen LogP contribution is -2.47. The largest absolute Gasteiger partial charge is 0.501 e. The third-order valence-electron chi connectivity index (χ3n) is 3.37. The Kier molecular flexibility index (Phi) is 9.58. The molecule has 0 atom stereocenters. The summed E-state index contributed by atoms with van der Waals surface area (Å²) in [5, 5.41) is 0. The first-order valence-electron chi connectivity index (χ1n) is 8.53. The summed E-state index contributed by atoms with van der Waals surface area (Å²) in [4.78, 5) is 0. The number of benzene rings is 1. The normalized spacial score (nSPS) is 11.9. The zero-order valence-electron chi connectivity index (χ0n) is 14.7. The molecule has 0 radical (unpaired) electrons. The lowest BCUT2D eigenvalue weighted by atomic mass is 10.1. The van der Waals surface area contributed by atoms with Gasteiger partial charge in [0.15, 0.2) is 11.6 Å². The Balaban J connectivity index is 2.90.